The molecule has 1 aliphatic heterocycles. The predicted octanol–water partition coefficient (Wildman–Crippen LogP) is 1.54. The number of rotatable bonds is 4. The summed E-state index contributed by atoms with van der Waals surface area (Å²) in [6, 6.07) is 12.9. The lowest BCUT2D eigenvalue weighted by Crippen LogP contribution is -2.48. The fraction of sp³-hybridized carbons (Fsp3) is 0.273. The van der Waals surface area contributed by atoms with Crippen LogP contribution < -0.4 is 10.2 Å². The van der Waals surface area contributed by atoms with E-state index in [0.717, 1.165) is 17.5 Å². The molecule has 2 N–H and O–H groups in total. The van der Waals surface area contributed by atoms with Crippen LogP contribution in [0.25, 0.3) is 0 Å². The van der Waals surface area contributed by atoms with Gasteiger partial charge < -0.3 is 10.3 Å². The highest BCUT2D eigenvalue weighted by molar-refractivity contribution is 6.02. The Morgan fingerprint density at radius 2 is 2.13 bits per heavy atom. The molecule has 5 rings (SSSR count). The summed E-state index contributed by atoms with van der Waals surface area (Å²) in [5, 5.41) is 20.0. The van der Waals surface area contributed by atoms with Gasteiger partial charge in [-0.05, 0) is 35.4 Å². The van der Waals surface area contributed by atoms with Crippen LogP contribution in [0.15, 0.2) is 42.6 Å². The topological polar surface area (TPSA) is 128 Å². The van der Waals surface area contributed by atoms with Gasteiger partial charge in [-0.1, -0.05) is 30.3 Å². The van der Waals surface area contributed by atoms with Gasteiger partial charge >= 0.3 is 0 Å². The van der Waals surface area contributed by atoms with Gasteiger partial charge in [0.2, 0.25) is 5.82 Å². The second kappa shape index (κ2) is 7.32. The molecule has 1 aromatic carbocycles. The van der Waals surface area contributed by atoms with E-state index in [0.29, 0.717) is 23.6 Å². The second-order valence-corrected chi connectivity index (χ2v) is 7.89. The van der Waals surface area contributed by atoms with E-state index in [9.17, 15) is 14.9 Å². The maximum atomic E-state index is 13.1. The largest absolute Gasteiger partial charge is 0.337 e. The summed E-state index contributed by atoms with van der Waals surface area (Å²) < 4.78 is 0. The molecule has 3 heterocycles. The minimum absolute atomic E-state index is 0.0393. The monoisotopic (exact) mass is 413 g/mol. The number of likely N-dealkylation sites (N-methyl/N-ethyl adjacent to an activating group) is 1. The van der Waals surface area contributed by atoms with Gasteiger partial charge in [-0.2, -0.15) is 5.26 Å². The molecular weight excluding hydrogens is 394 g/mol. The fourth-order valence-electron chi connectivity index (χ4n) is 4.17. The Morgan fingerprint density at radius 3 is 2.90 bits per heavy atom. The van der Waals surface area contributed by atoms with Crippen molar-refractivity contribution in [2.75, 3.05) is 11.9 Å². The lowest BCUT2D eigenvalue weighted by molar-refractivity contribution is -0.120. The molecule has 154 valence electrons. The van der Waals surface area contributed by atoms with E-state index in [2.05, 4.69) is 31.6 Å². The van der Waals surface area contributed by atoms with Crippen molar-refractivity contribution in [3.8, 4) is 6.07 Å². The number of pyridine rings is 1. The molecule has 0 spiro atoms. The number of aromatic nitrogens is 4. The Morgan fingerprint density at radius 1 is 1.32 bits per heavy atom. The molecular formula is C22H19N7O2. The molecule has 1 saturated carbocycles. The zero-order valence-corrected chi connectivity index (χ0v) is 16.7. The third kappa shape index (κ3) is 3.42. The Hall–Kier alpha value is -4.06. The first kappa shape index (κ1) is 18.9. The van der Waals surface area contributed by atoms with E-state index in [1.807, 2.05) is 30.3 Å². The standard InChI is InChI=1S/C22H19N7O2/c1-29-20-16(7-13(10-23)11-24-20)14-9-15(14)18(22(29)31)26-21(30)19-25-17(27-28-19)8-12-5-3-2-4-6-12/h2-7,11,14-15,18H,8-9H2,1H3,(H,26,30)(H,25,27,28)/t14?,15-,18-/m0/s1. The number of nitrogens with zero attached hydrogens (tertiary/aromatic N) is 5. The molecule has 31 heavy (non-hydrogen) atoms. The van der Waals surface area contributed by atoms with E-state index in [1.54, 1.807) is 13.1 Å². The van der Waals surface area contributed by atoms with Crippen LogP contribution >= 0.6 is 0 Å². The van der Waals surface area contributed by atoms with Gasteiger partial charge in [-0.3, -0.25) is 14.5 Å². The summed E-state index contributed by atoms with van der Waals surface area (Å²) in [6.45, 7) is 0. The first-order valence-corrected chi connectivity index (χ1v) is 9.99. The normalized spacial score (nSPS) is 21.5. The van der Waals surface area contributed by atoms with Gasteiger partial charge in [0, 0.05) is 19.7 Å². The summed E-state index contributed by atoms with van der Waals surface area (Å²) in [5.41, 5.74) is 2.39. The first-order valence-electron chi connectivity index (χ1n) is 9.99. The number of hydrogen-bond acceptors (Lipinski definition) is 6. The number of H-pyrrole nitrogens is 1. The van der Waals surface area contributed by atoms with Crippen LogP contribution in [0.1, 0.15) is 45.5 Å². The summed E-state index contributed by atoms with van der Waals surface area (Å²) in [5.74, 6) is 0.525. The van der Waals surface area contributed by atoms with Crippen molar-refractivity contribution in [2.45, 2.75) is 24.8 Å². The Labute approximate surface area is 178 Å². The van der Waals surface area contributed by atoms with Crippen molar-refractivity contribution in [3.63, 3.8) is 0 Å². The second-order valence-electron chi connectivity index (χ2n) is 7.89. The maximum Gasteiger partial charge on any atom is 0.289 e. The van der Waals surface area contributed by atoms with Crippen LogP contribution in [0.5, 0.6) is 0 Å². The van der Waals surface area contributed by atoms with Crippen molar-refractivity contribution in [1.29, 1.82) is 5.26 Å². The number of carbonyl (C=O) groups is 2. The number of benzene rings is 1. The number of carbonyl (C=O) groups excluding carboxylic acids is 2. The van der Waals surface area contributed by atoms with E-state index in [-0.39, 0.29) is 23.6 Å². The maximum absolute atomic E-state index is 13.1. The summed E-state index contributed by atoms with van der Waals surface area (Å²) in [7, 11) is 1.64. The van der Waals surface area contributed by atoms with Crippen LogP contribution in [0, 0.1) is 17.2 Å². The molecule has 1 fully saturated rings. The van der Waals surface area contributed by atoms with Crippen LogP contribution in [0.2, 0.25) is 0 Å². The SMILES string of the molecule is CN1C(=O)[C@@H](NC(=O)c2nnc(Cc3ccccc3)[nH]2)[C@H]2CC2c2cc(C#N)cnc21. The summed E-state index contributed by atoms with van der Waals surface area (Å²) in [6.07, 6.45) is 2.74. The molecule has 9 heteroatoms. The highest BCUT2D eigenvalue weighted by Crippen LogP contribution is 2.54. The molecule has 2 aliphatic rings. The third-order valence-electron chi connectivity index (χ3n) is 5.86. The highest BCUT2D eigenvalue weighted by atomic mass is 16.2. The molecule has 3 aromatic rings. The van der Waals surface area contributed by atoms with Crippen LogP contribution in [0.3, 0.4) is 0 Å². The van der Waals surface area contributed by atoms with E-state index < -0.39 is 11.9 Å². The zero-order valence-electron chi connectivity index (χ0n) is 16.7. The lowest BCUT2D eigenvalue weighted by Gasteiger charge is -2.22. The van der Waals surface area contributed by atoms with Crippen molar-refractivity contribution in [2.24, 2.45) is 5.92 Å². The first-order chi connectivity index (χ1) is 15.0. The smallest absolute Gasteiger partial charge is 0.289 e. The van der Waals surface area contributed by atoms with Crippen molar-refractivity contribution < 1.29 is 9.59 Å². The number of hydrogen-bond donors (Lipinski definition) is 2. The number of fused-ring (bicyclic) bond motifs is 3. The van der Waals surface area contributed by atoms with Crippen LogP contribution in [0.4, 0.5) is 5.82 Å². The molecule has 3 atom stereocenters. The van der Waals surface area contributed by atoms with Crippen molar-refractivity contribution in [1.82, 2.24) is 25.5 Å². The van der Waals surface area contributed by atoms with Gasteiger partial charge in [0.15, 0.2) is 0 Å². The zero-order chi connectivity index (χ0) is 21.5. The average Bonchev–Trinajstić information content (AvgIpc) is 3.46. The number of aromatic amines is 1. The molecule has 0 saturated heterocycles. The molecule has 2 aromatic heterocycles. The van der Waals surface area contributed by atoms with Gasteiger partial charge in [0.05, 0.1) is 5.56 Å². The van der Waals surface area contributed by atoms with E-state index in [4.69, 9.17) is 0 Å². The van der Waals surface area contributed by atoms with Gasteiger partial charge in [0.25, 0.3) is 11.8 Å². The number of amides is 2. The summed E-state index contributed by atoms with van der Waals surface area (Å²) >= 11 is 0. The number of nitriles is 1. The third-order valence-corrected chi connectivity index (χ3v) is 5.86. The summed E-state index contributed by atoms with van der Waals surface area (Å²) in [4.78, 5) is 34.6. The Balaban J connectivity index is 1.33. The average molecular weight is 413 g/mol. The number of anilines is 1. The molecule has 0 radical (unpaired) electrons. The molecule has 1 aliphatic carbocycles. The fourth-order valence-corrected chi connectivity index (χ4v) is 4.17. The predicted molar refractivity (Wildman–Crippen MR) is 110 cm³/mol. The molecule has 1 unspecified atom stereocenters. The quantitative estimate of drug-likeness (QED) is 0.668. The van der Waals surface area contributed by atoms with E-state index >= 15 is 0 Å². The van der Waals surface area contributed by atoms with Crippen LogP contribution in [-0.2, 0) is 11.2 Å². The minimum atomic E-state index is -0.690. The van der Waals surface area contributed by atoms with Crippen LogP contribution in [-0.4, -0.2) is 45.1 Å². The molecule has 9 nitrogen and oxygen atoms in total. The van der Waals surface area contributed by atoms with Crippen molar-refractivity contribution in [3.05, 3.63) is 70.9 Å². The van der Waals surface area contributed by atoms with Gasteiger partial charge in [0.1, 0.15) is 23.8 Å². The molecule has 0 bridgehead atoms. The van der Waals surface area contributed by atoms with Gasteiger partial charge in [-0.25, -0.2) is 4.98 Å². The van der Waals surface area contributed by atoms with Crippen molar-refractivity contribution >= 4 is 17.6 Å². The van der Waals surface area contributed by atoms with E-state index in [1.165, 1.54) is 11.1 Å². The minimum Gasteiger partial charge on any atom is -0.337 e. The Kier molecular flexibility index (Phi) is 4.47. The Bertz CT molecular complexity index is 1210. The highest BCUT2D eigenvalue weighted by Gasteiger charge is 2.52. The lowest BCUT2D eigenvalue weighted by atomic mass is 10.1. The van der Waals surface area contributed by atoms with Gasteiger partial charge in [-0.15, -0.1) is 10.2 Å². The number of nitrogens with one attached hydrogen (secondary N) is 2. The molecule has 2 amide bonds.